The standard InChI is InChI=1S/C19H20Cl2N2O3S/c1-3-10-23(19(25)13-4-7-15(8-5-13)27(2)26)12-18(24)22-17-9-6-14(20)11-16(17)21/h4-9,11H,3,10,12H2,1-2H3,(H,22,24). The quantitative estimate of drug-likeness (QED) is 0.720. The van der Waals surface area contributed by atoms with Crippen LogP contribution in [0.3, 0.4) is 0 Å². The van der Waals surface area contributed by atoms with Crippen LogP contribution in [0.25, 0.3) is 0 Å². The van der Waals surface area contributed by atoms with Crippen molar-refractivity contribution >= 4 is 51.5 Å². The maximum Gasteiger partial charge on any atom is 0.254 e. The van der Waals surface area contributed by atoms with Crippen LogP contribution in [0.1, 0.15) is 23.7 Å². The van der Waals surface area contributed by atoms with Crippen molar-refractivity contribution in [2.24, 2.45) is 0 Å². The van der Waals surface area contributed by atoms with Gasteiger partial charge in [-0.3, -0.25) is 13.8 Å². The molecule has 5 nitrogen and oxygen atoms in total. The van der Waals surface area contributed by atoms with Crippen molar-refractivity contribution in [3.05, 3.63) is 58.1 Å². The van der Waals surface area contributed by atoms with Crippen molar-refractivity contribution in [1.29, 1.82) is 0 Å². The van der Waals surface area contributed by atoms with Gasteiger partial charge in [0.1, 0.15) is 6.54 Å². The largest absolute Gasteiger partial charge is 0.329 e. The van der Waals surface area contributed by atoms with E-state index >= 15 is 0 Å². The molecule has 1 N–H and O–H groups in total. The van der Waals surface area contributed by atoms with Gasteiger partial charge in [-0.1, -0.05) is 30.1 Å². The van der Waals surface area contributed by atoms with Crippen LogP contribution in [0, 0.1) is 0 Å². The Labute approximate surface area is 171 Å². The Balaban J connectivity index is 2.10. The number of carbonyl (C=O) groups excluding carboxylic acids is 2. The number of halogens is 2. The van der Waals surface area contributed by atoms with Gasteiger partial charge in [0.05, 0.1) is 10.7 Å². The molecule has 2 amide bonds. The Morgan fingerprint density at radius 3 is 2.33 bits per heavy atom. The Bertz CT molecular complexity index is 857. The fourth-order valence-corrected chi connectivity index (χ4v) is 3.42. The van der Waals surface area contributed by atoms with Gasteiger partial charge in [-0.05, 0) is 48.9 Å². The van der Waals surface area contributed by atoms with Gasteiger partial charge in [0.15, 0.2) is 0 Å². The minimum Gasteiger partial charge on any atom is -0.329 e. The lowest BCUT2D eigenvalue weighted by molar-refractivity contribution is -0.116. The predicted octanol–water partition coefficient (Wildman–Crippen LogP) is 4.22. The highest BCUT2D eigenvalue weighted by molar-refractivity contribution is 7.84. The highest BCUT2D eigenvalue weighted by Gasteiger charge is 2.19. The summed E-state index contributed by atoms with van der Waals surface area (Å²) in [5.41, 5.74) is 0.875. The topological polar surface area (TPSA) is 66.5 Å². The first-order chi connectivity index (χ1) is 12.8. The molecule has 0 aliphatic carbocycles. The normalized spacial score (nSPS) is 11.7. The third kappa shape index (κ3) is 6.06. The molecule has 1 atom stereocenters. The van der Waals surface area contributed by atoms with E-state index in [-0.39, 0.29) is 18.4 Å². The summed E-state index contributed by atoms with van der Waals surface area (Å²) in [5, 5.41) is 3.49. The summed E-state index contributed by atoms with van der Waals surface area (Å²) in [6.07, 6.45) is 2.28. The van der Waals surface area contributed by atoms with Gasteiger partial charge in [-0.2, -0.15) is 0 Å². The van der Waals surface area contributed by atoms with E-state index in [1.807, 2.05) is 6.92 Å². The van der Waals surface area contributed by atoms with Crippen LogP contribution in [0.2, 0.25) is 10.0 Å². The minimum atomic E-state index is -1.11. The molecule has 0 radical (unpaired) electrons. The molecule has 2 aromatic carbocycles. The van der Waals surface area contributed by atoms with Gasteiger partial charge in [-0.25, -0.2) is 0 Å². The molecule has 0 saturated carbocycles. The van der Waals surface area contributed by atoms with Crippen LogP contribution >= 0.6 is 23.2 Å². The second-order valence-electron chi connectivity index (χ2n) is 5.88. The molecule has 0 saturated heterocycles. The molecule has 0 fully saturated rings. The van der Waals surface area contributed by atoms with Crippen molar-refractivity contribution in [1.82, 2.24) is 4.90 Å². The third-order valence-electron chi connectivity index (χ3n) is 3.75. The summed E-state index contributed by atoms with van der Waals surface area (Å²) in [6, 6.07) is 11.3. The average molecular weight is 427 g/mol. The molecule has 0 aromatic heterocycles. The highest BCUT2D eigenvalue weighted by atomic mass is 35.5. The van der Waals surface area contributed by atoms with Crippen LogP contribution in [0.15, 0.2) is 47.4 Å². The average Bonchev–Trinajstić information content (AvgIpc) is 2.63. The Morgan fingerprint density at radius 2 is 1.78 bits per heavy atom. The molecule has 2 aromatic rings. The number of hydrogen-bond donors (Lipinski definition) is 1. The number of rotatable bonds is 7. The predicted molar refractivity (Wildman–Crippen MR) is 110 cm³/mol. The van der Waals surface area contributed by atoms with Crippen molar-refractivity contribution < 1.29 is 13.8 Å². The fourth-order valence-electron chi connectivity index (χ4n) is 2.45. The maximum atomic E-state index is 12.7. The summed E-state index contributed by atoms with van der Waals surface area (Å²) in [5.74, 6) is -0.616. The Hall–Kier alpha value is -1.89. The van der Waals surface area contributed by atoms with Gasteiger partial charge in [0.2, 0.25) is 5.91 Å². The molecule has 8 heteroatoms. The summed E-state index contributed by atoms with van der Waals surface area (Å²) in [7, 11) is -1.11. The molecule has 0 aliphatic heterocycles. The number of amides is 2. The van der Waals surface area contributed by atoms with Gasteiger partial charge >= 0.3 is 0 Å². The van der Waals surface area contributed by atoms with Crippen molar-refractivity contribution in [2.75, 3.05) is 24.7 Å². The third-order valence-corrected chi connectivity index (χ3v) is 5.24. The monoisotopic (exact) mass is 426 g/mol. The first-order valence-corrected chi connectivity index (χ1v) is 10.6. The minimum absolute atomic E-state index is 0.104. The molecule has 2 rings (SSSR count). The SMILES string of the molecule is CCCN(CC(=O)Nc1ccc(Cl)cc1Cl)C(=O)c1ccc(S(C)=O)cc1. The molecule has 0 aliphatic rings. The molecule has 0 bridgehead atoms. The van der Waals surface area contributed by atoms with Gasteiger partial charge in [0.25, 0.3) is 5.91 Å². The van der Waals surface area contributed by atoms with Crippen LogP contribution in [0.5, 0.6) is 0 Å². The Morgan fingerprint density at radius 1 is 1.11 bits per heavy atom. The molecule has 1 unspecified atom stereocenters. The summed E-state index contributed by atoms with van der Waals surface area (Å²) < 4.78 is 11.5. The molecular weight excluding hydrogens is 407 g/mol. The molecule has 0 heterocycles. The number of nitrogens with one attached hydrogen (secondary N) is 1. The van der Waals surface area contributed by atoms with E-state index in [1.165, 1.54) is 11.0 Å². The summed E-state index contributed by atoms with van der Waals surface area (Å²) in [6.45, 7) is 2.26. The van der Waals surface area contributed by atoms with Crippen LogP contribution in [-0.4, -0.2) is 40.3 Å². The zero-order chi connectivity index (χ0) is 20.0. The van der Waals surface area contributed by atoms with Crippen molar-refractivity contribution in [3.8, 4) is 0 Å². The van der Waals surface area contributed by atoms with Gasteiger partial charge < -0.3 is 10.2 Å². The van der Waals surface area contributed by atoms with E-state index < -0.39 is 10.8 Å². The summed E-state index contributed by atoms with van der Waals surface area (Å²) >= 11 is 11.9. The lowest BCUT2D eigenvalue weighted by atomic mass is 10.2. The van der Waals surface area contributed by atoms with Gasteiger partial charge in [-0.15, -0.1) is 0 Å². The van der Waals surface area contributed by atoms with Crippen LogP contribution < -0.4 is 5.32 Å². The smallest absolute Gasteiger partial charge is 0.254 e. The van der Waals surface area contributed by atoms with E-state index in [2.05, 4.69) is 5.32 Å². The molecule has 144 valence electrons. The number of anilines is 1. The zero-order valence-electron chi connectivity index (χ0n) is 15.0. The van der Waals surface area contributed by atoms with Crippen LogP contribution in [-0.2, 0) is 15.6 Å². The van der Waals surface area contributed by atoms with Gasteiger partial charge in [0, 0.05) is 39.1 Å². The first kappa shape index (κ1) is 21.4. The number of benzene rings is 2. The van der Waals surface area contributed by atoms with E-state index in [0.717, 1.165) is 0 Å². The number of hydrogen-bond acceptors (Lipinski definition) is 3. The number of nitrogens with zero attached hydrogens (tertiary/aromatic N) is 1. The second kappa shape index (κ2) is 9.88. The Kier molecular flexibility index (Phi) is 7.83. The van der Waals surface area contributed by atoms with Crippen molar-refractivity contribution in [2.45, 2.75) is 18.2 Å². The zero-order valence-corrected chi connectivity index (χ0v) is 17.3. The lowest BCUT2D eigenvalue weighted by Gasteiger charge is -2.22. The van der Waals surface area contributed by atoms with E-state index in [0.29, 0.717) is 39.2 Å². The first-order valence-electron chi connectivity index (χ1n) is 8.29. The second-order valence-corrected chi connectivity index (χ2v) is 8.10. The summed E-state index contributed by atoms with van der Waals surface area (Å²) in [4.78, 5) is 27.2. The fraction of sp³-hybridized carbons (Fsp3) is 0.263. The van der Waals surface area contributed by atoms with E-state index in [1.54, 1.807) is 42.7 Å². The lowest BCUT2D eigenvalue weighted by Crippen LogP contribution is -2.38. The number of carbonyl (C=O) groups is 2. The van der Waals surface area contributed by atoms with Crippen molar-refractivity contribution in [3.63, 3.8) is 0 Å². The van der Waals surface area contributed by atoms with Crippen LogP contribution in [0.4, 0.5) is 5.69 Å². The maximum absolute atomic E-state index is 12.7. The molecule has 0 spiro atoms. The van der Waals surface area contributed by atoms with E-state index in [9.17, 15) is 13.8 Å². The van der Waals surface area contributed by atoms with E-state index in [4.69, 9.17) is 23.2 Å². The molecule has 27 heavy (non-hydrogen) atoms. The highest BCUT2D eigenvalue weighted by Crippen LogP contribution is 2.25. The molecular formula is C19H20Cl2N2O3S.